The van der Waals surface area contributed by atoms with Gasteiger partial charge in [-0.2, -0.15) is 4.39 Å². The van der Waals surface area contributed by atoms with Crippen molar-refractivity contribution in [2.24, 2.45) is 0 Å². The fourth-order valence-corrected chi connectivity index (χ4v) is 1.25. The molecule has 0 radical (unpaired) electrons. The summed E-state index contributed by atoms with van der Waals surface area (Å²) < 4.78 is 13.2. The summed E-state index contributed by atoms with van der Waals surface area (Å²) in [6.07, 6.45) is 1.59. The highest BCUT2D eigenvalue weighted by Crippen LogP contribution is 2.16. The highest BCUT2D eigenvalue weighted by Gasteiger charge is 2.03. The third kappa shape index (κ3) is 2.12. The van der Waals surface area contributed by atoms with Crippen LogP contribution in [0, 0.1) is 9.52 Å². The Labute approximate surface area is 79.2 Å². The van der Waals surface area contributed by atoms with Crippen LogP contribution in [0.5, 0.6) is 0 Å². The quantitative estimate of drug-likeness (QED) is 0.562. The number of hydrogen-bond donors (Lipinski definition) is 0. The van der Waals surface area contributed by atoms with Gasteiger partial charge in [-0.25, -0.2) is 4.98 Å². The highest BCUT2D eigenvalue weighted by molar-refractivity contribution is 14.1. The third-order valence-electron chi connectivity index (χ3n) is 1.48. The first kappa shape index (κ1) is 8.90. The van der Waals surface area contributed by atoms with E-state index in [9.17, 15) is 4.39 Å². The van der Waals surface area contributed by atoms with E-state index in [1.165, 1.54) is 0 Å². The zero-order valence-electron chi connectivity index (χ0n) is 6.44. The summed E-state index contributed by atoms with van der Waals surface area (Å²) in [4.78, 5) is 3.63. The first-order valence-electron chi connectivity index (χ1n) is 3.42. The summed E-state index contributed by atoms with van der Waals surface area (Å²) >= 11 is 1.95. The van der Waals surface area contributed by atoms with Crippen molar-refractivity contribution in [3.05, 3.63) is 27.3 Å². The van der Waals surface area contributed by atoms with Crippen molar-refractivity contribution >= 4 is 22.6 Å². The van der Waals surface area contributed by atoms with Gasteiger partial charge >= 0.3 is 0 Å². The number of aromatic nitrogens is 1. The molecular formula is C8H9FIN. The van der Waals surface area contributed by atoms with Gasteiger partial charge < -0.3 is 0 Å². The van der Waals surface area contributed by atoms with Crippen LogP contribution >= 0.6 is 22.6 Å². The highest BCUT2D eigenvalue weighted by atomic mass is 127. The van der Waals surface area contributed by atoms with Crippen LogP contribution in [0.4, 0.5) is 4.39 Å². The monoisotopic (exact) mass is 265 g/mol. The van der Waals surface area contributed by atoms with Gasteiger partial charge in [0.2, 0.25) is 5.95 Å². The lowest BCUT2D eigenvalue weighted by Crippen LogP contribution is -1.93. The van der Waals surface area contributed by atoms with E-state index < -0.39 is 0 Å². The van der Waals surface area contributed by atoms with Gasteiger partial charge in [0.25, 0.3) is 0 Å². The molecule has 0 aliphatic heterocycles. The Hall–Kier alpha value is -0.190. The predicted molar refractivity (Wildman–Crippen MR) is 51.0 cm³/mol. The second-order valence-electron chi connectivity index (χ2n) is 2.70. The second-order valence-corrected chi connectivity index (χ2v) is 3.86. The van der Waals surface area contributed by atoms with Crippen molar-refractivity contribution in [3.63, 3.8) is 0 Å². The third-order valence-corrected chi connectivity index (χ3v) is 2.24. The molecule has 1 heterocycles. The molecule has 0 amide bonds. The van der Waals surface area contributed by atoms with E-state index in [4.69, 9.17) is 0 Å². The van der Waals surface area contributed by atoms with Gasteiger partial charge in [-0.15, -0.1) is 0 Å². The smallest absolute Gasteiger partial charge is 0.226 e. The van der Waals surface area contributed by atoms with E-state index in [1.54, 1.807) is 6.20 Å². The van der Waals surface area contributed by atoms with Crippen molar-refractivity contribution in [2.45, 2.75) is 19.8 Å². The van der Waals surface area contributed by atoms with E-state index in [2.05, 4.69) is 18.8 Å². The molecule has 3 heteroatoms. The molecule has 1 aromatic rings. The van der Waals surface area contributed by atoms with E-state index in [-0.39, 0.29) is 5.95 Å². The molecule has 0 aliphatic carbocycles. The summed E-state index contributed by atoms with van der Waals surface area (Å²) in [5, 5.41) is 0. The number of rotatable bonds is 1. The van der Waals surface area contributed by atoms with E-state index in [0.29, 0.717) is 9.49 Å². The van der Waals surface area contributed by atoms with Crippen LogP contribution in [0.25, 0.3) is 0 Å². The fraction of sp³-hybridized carbons (Fsp3) is 0.375. The standard InChI is InChI=1S/C8H9FIN/c1-5(2)6-3-7(10)8(9)11-4-6/h3-5H,1-2H3. The Bertz CT molecular complexity index is 260. The SMILES string of the molecule is CC(C)c1cnc(F)c(I)c1. The predicted octanol–water partition coefficient (Wildman–Crippen LogP) is 2.95. The maximum atomic E-state index is 12.6. The summed E-state index contributed by atoms with van der Waals surface area (Å²) in [5.74, 6) is 0.0339. The fourth-order valence-electron chi connectivity index (χ4n) is 0.752. The Morgan fingerprint density at radius 1 is 1.55 bits per heavy atom. The molecular weight excluding hydrogens is 256 g/mol. The normalized spacial score (nSPS) is 10.6. The number of halogens is 2. The zero-order chi connectivity index (χ0) is 8.43. The van der Waals surface area contributed by atoms with Gasteiger partial charge in [-0.3, -0.25) is 0 Å². The molecule has 0 aromatic carbocycles. The Kier molecular flexibility index (Phi) is 2.81. The summed E-state index contributed by atoms with van der Waals surface area (Å²) in [7, 11) is 0. The van der Waals surface area contributed by atoms with Gasteiger partial charge in [0.15, 0.2) is 0 Å². The summed E-state index contributed by atoms with van der Waals surface area (Å²) in [6.45, 7) is 4.12. The molecule has 1 nitrogen and oxygen atoms in total. The van der Waals surface area contributed by atoms with E-state index in [1.807, 2.05) is 28.7 Å². The number of hydrogen-bond acceptors (Lipinski definition) is 1. The zero-order valence-corrected chi connectivity index (χ0v) is 8.59. The van der Waals surface area contributed by atoms with Crippen LogP contribution in [0.1, 0.15) is 25.3 Å². The molecule has 0 saturated carbocycles. The van der Waals surface area contributed by atoms with Crippen molar-refractivity contribution < 1.29 is 4.39 Å². The Morgan fingerprint density at radius 3 is 2.64 bits per heavy atom. The van der Waals surface area contributed by atoms with Crippen molar-refractivity contribution in [1.82, 2.24) is 4.98 Å². The molecule has 0 spiro atoms. The van der Waals surface area contributed by atoms with Crippen LogP contribution in [-0.2, 0) is 0 Å². The summed E-state index contributed by atoms with van der Waals surface area (Å²) in [5.41, 5.74) is 1.08. The average molecular weight is 265 g/mol. The number of nitrogens with zero attached hydrogens (tertiary/aromatic N) is 1. The minimum absolute atomic E-state index is 0.380. The van der Waals surface area contributed by atoms with Crippen LogP contribution in [0.2, 0.25) is 0 Å². The lowest BCUT2D eigenvalue weighted by molar-refractivity contribution is 0.573. The van der Waals surface area contributed by atoms with Gasteiger partial charge in [0.1, 0.15) is 0 Å². The molecule has 0 atom stereocenters. The topological polar surface area (TPSA) is 12.9 Å². The number of pyridine rings is 1. The van der Waals surface area contributed by atoms with Crippen LogP contribution in [0.15, 0.2) is 12.3 Å². The molecule has 0 unspecified atom stereocenters. The van der Waals surface area contributed by atoms with Gasteiger partial charge in [-0.05, 0) is 40.1 Å². The van der Waals surface area contributed by atoms with E-state index in [0.717, 1.165) is 5.56 Å². The molecule has 11 heavy (non-hydrogen) atoms. The maximum Gasteiger partial charge on any atom is 0.226 e. The van der Waals surface area contributed by atoms with Crippen LogP contribution < -0.4 is 0 Å². The molecule has 0 bridgehead atoms. The largest absolute Gasteiger partial charge is 0.227 e. The molecule has 0 aliphatic rings. The lowest BCUT2D eigenvalue weighted by atomic mass is 10.1. The molecule has 0 N–H and O–H groups in total. The Morgan fingerprint density at radius 2 is 2.18 bits per heavy atom. The first-order chi connectivity index (χ1) is 5.11. The first-order valence-corrected chi connectivity index (χ1v) is 4.50. The molecule has 0 fully saturated rings. The average Bonchev–Trinajstić information content (AvgIpc) is 1.94. The molecule has 60 valence electrons. The molecule has 0 saturated heterocycles. The lowest BCUT2D eigenvalue weighted by Gasteiger charge is -2.04. The molecule has 1 rings (SSSR count). The maximum absolute atomic E-state index is 12.6. The minimum Gasteiger partial charge on any atom is -0.227 e. The minimum atomic E-state index is -0.380. The van der Waals surface area contributed by atoms with Crippen molar-refractivity contribution in [3.8, 4) is 0 Å². The van der Waals surface area contributed by atoms with Crippen molar-refractivity contribution in [2.75, 3.05) is 0 Å². The van der Waals surface area contributed by atoms with Crippen LogP contribution in [0.3, 0.4) is 0 Å². The van der Waals surface area contributed by atoms with Gasteiger partial charge in [0, 0.05) is 6.20 Å². The van der Waals surface area contributed by atoms with E-state index >= 15 is 0 Å². The van der Waals surface area contributed by atoms with Gasteiger partial charge in [0.05, 0.1) is 3.57 Å². The second kappa shape index (κ2) is 3.47. The summed E-state index contributed by atoms with van der Waals surface area (Å²) in [6, 6.07) is 1.83. The van der Waals surface area contributed by atoms with Crippen molar-refractivity contribution in [1.29, 1.82) is 0 Å². The molecule has 1 aromatic heterocycles. The van der Waals surface area contributed by atoms with Crippen LogP contribution in [-0.4, -0.2) is 4.98 Å². The van der Waals surface area contributed by atoms with Gasteiger partial charge in [-0.1, -0.05) is 13.8 Å². The Balaban J connectivity index is 3.05.